The minimum Gasteiger partial charge on any atom is -0.462 e. The van der Waals surface area contributed by atoms with Crippen molar-refractivity contribution in [3.8, 4) is 0 Å². The van der Waals surface area contributed by atoms with E-state index >= 15 is 0 Å². The molecule has 1 amide bonds. The van der Waals surface area contributed by atoms with Gasteiger partial charge in [0.1, 0.15) is 5.69 Å². The molecule has 0 aliphatic heterocycles. The number of ether oxygens (including phenoxy) is 1. The molecule has 7 heteroatoms. The first kappa shape index (κ1) is 20.4. The predicted molar refractivity (Wildman–Crippen MR) is 110 cm³/mol. The molecule has 0 spiro atoms. The SMILES string of the molecule is CCOC(=O)c1c(C)[nH]c(C(=O)N(C)Cc2cnn(Cc3ccccc3)c2)c1C. The van der Waals surface area contributed by atoms with Crippen molar-refractivity contribution in [2.45, 2.75) is 33.9 Å². The maximum Gasteiger partial charge on any atom is 0.340 e. The van der Waals surface area contributed by atoms with Gasteiger partial charge in [-0.2, -0.15) is 5.10 Å². The van der Waals surface area contributed by atoms with Crippen LogP contribution in [-0.4, -0.2) is 45.2 Å². The largest absolute Gasteiger partial charge is 0.462 e. The van der Waals surface area contributed by atoms with Crippen LogP contribution in [0.2, 0.25) is 0 Å². The van der Waals surface area contributed by atoms with Gasteiger partial charge < -0.3 is 14.6 Å². The molecule has 0 atom stereocenters. The third-order valence-electron chi connectivity index (χ3n) is 4.77. The molecule has 152 valence electrons. The molecule has 0 unspecified atom stereocenters. The first-order valence-corrected chi connectivity index (χ1v) is 9.57. The fourth-order valence-electron chi connectivity index (χ4n) is 3.35. The number of amides is 1. The van der Waals surface area contributed by atoms with E-state index in [0.29, 0.717) is 42.2 Å². The number of benzene rings is 1. The fraction of sp³-hybridized carbons (Fsp3) is 0.318. The summed E-state index contributed by atoms with van der Waals surface area (Å²) in [6.45, 7) is 6.67. The van der Waals surface area contributed by atoms with E-state index in [4.69, 9.17) is 4.74 Å². The molecule has 3 rings (SSSR count). The van der Waals surface area contributed by atoms with Gasteiger partial charge in [0.25, 0.3) is 5.91 Å². The van der Waals surface area contributed by atoms with Gasteiger partial charge in [0, 0.05) is 31.0 Å². The van der Waals surface area contributed by atoms with Crippen LogP contribution >= 0.6 is 0 Å². The van der Waals surface area contributed by atoms with Crippen LogP contribution in [-0.2, 0) is 17.8 Å². The highest BCUT2D eigenvalue weighted by Gasteiger charge is 2.24. The van der Waals surface area contributed by atoms with Gasteiger partial charge >= 0.3 is 5.97 Å². The first-order valence-electron chi connectivity index (χ1n) is 9.57. The van der Waals surface area contributed by atoms with Crippen molar-refractivity contribution < 1.29 is 14.3 Å². The number of nitrogens with zero attached hydrogens (tertiary/aromatic N) is 3. The maximum atomic E-state index is 12.9. The number of H-pyrrole nitrogens is 1. The Balaban J connectivity index is 1.70. The lowest BCUT2D eigenvalue weighted by molar-refractivity contribution is 0.0525. The van der Waals surface area contributed by atoms with Crippen molar-refractivity contribution in [2.24, 2.45) is 0 Å². The molecule has 2 aromatic heterocycles. The van der Waals surface area contributed by atoms with E-state index in [2.05, 4.69) is 22.2 Å². The second-order valence-corrected chi connectivity index (χ2v) is 7.04. The van der Waals surface area contributed by atoms with E-state index in [1.54, 1.807) is 38.9 Å². The second kappa shape index (κ2) is 8.77. The standard InChI is InChI=1S/C22H26N4O3/c1-5-29-22(28)19-15(2)20(24-16(19)3)21(27)25(4)12-18-11-23-26(14-18)13-17-9-7-6-8-10-17/h6-11,14,24H,5,12-13H2,1-4H3. The summed E-state index contributed by atoms with van der Waals surface area (Å²) in [6.07, 6.45) is 3.71. The van der Waals surface area contributed by atoms with E-state index < -0.39 is 5.97 Å². The Hall–Kier alpha value is -3.35. The zero-order valence-electron chi connectivity index (χ0n) is 17.2. The highest BCUT2D eigenvalue weighted by atomic mass is 16.5. The van der Waals surface area contributed by atoms with Gasteiger partial charge in [-0.3, -0.25) is 9.48 Å². The zero-order valence-corrected chi connectivity index (χ0v) is 17.2. The molecular formula is C22H26N4O3. The number of nitrogens with one attached hydrogen (secondary N) is 1. The molecule has 0 aliphatic carbocycles. The number of carbonyl (C=O) groups is 2. The van der Waals surface area contributed by atoms with Gasteiger partial charge in [0.2, 0.25) is 0 Å². The van der Waals surface area contributed by atoms with Crippen LogP contribution in [0.1, 0.15) is 50.2 Å². The normalized spacial score (nSPS) is 10.8. The van der Waals surface area contributed by atoms with E-state index in [1.165, 1.54) is 0 Å². The molecule has 0 fully saturated rings. The average molecular weight is 394 g/mol. The second-order valence-electron chi connectivity index (χ2n) is 7.04. The Kier molecular flexibility index (Phi) is 6.16. The predicted octanol–water partition coefficient (Wildman–Crippen LogP) is 3.33. The summed E-state index contributed by atoms with van der Waals surface area (Å²) in [5, 5.41) is 4.39. The van der Waals surface area contributed by atoms with Crippen molar-refractivity contribution in [2.75, 3.05) is 13.7 Å². The van der Waals surface area contributed by atoms with Gasteiger partial charge in [-0.25, -0.2) is 4.79 Å². The number of rotatable bonds is 7. The third kappa shape index (κ3) is 4.56. The molecule has 3 aromatic rings. The highest BCUT2D eigenvalue weighted by Crippen LogP contribution is 2.21. The van der Waals surface area contributed by atoms with E-state index in [9.17, 15) is 9.59 Å². The van der Waals surface area contributed by atoms with E-state index in [0.717, 1.165) is 11.1 Å². The molecule has 0 saturated carbocycles. The highest BCUT2D eigenvalue weighted by molar-refractivity contribution is 6.00. The zero-order chi connectivity index (χ0) is 21.0. The number of hydrogen-bond donors (Lipinski definition) is 1. The van der Waals surface area contributed by atoms with Crippen LogP contribution in [0.3, 0.4) is 0 Å². The summed E-state index contributed by atoms with van der Waals surface area (Å²) in [6, 6.07) is 10.1. The summed E-state index contributed by atoms with van der Waals surface area (Å²) in [5.41, 5.74) is 4.17. The van der Waals surface area contributed by atoms with Gasteiger partial charge in [-0.05, 0) is 31.9 Å². The number of hydrogen-bond acceptors (Lipinski definition) is 4. The molecule has 29 heavy (non-hydrogen) atoms. The Morgan fingerprint density at radius 3 is 2.59 bits per heavy atom. The lowest BCUT2D eigenvalue weighted by Gasteiger charge is -2.16. The van der Waals surface area contributed by atoms with Crippen LogP contribution in [0.5, 0.6) is 0 Å². The average Bonchev–Trinajstić information content (AvgIpc) is 3.25. The van der Waals surface area contributed by atoms with Crippen molar-refractivity contribution >= 4 is 11.9 Å². The van der Waals surface area contributed by atoms with Crippen LogP contribution in [0.4, 0.5) is 0 Å². The minimum atomic E-state index is -0.414. The molecule has 0 aliphatic rings. The van der Waals surface area contributed by atoms with Gasteiger partial charge in [-0.1, -0.05) is 30.3 Å². The van der Waals surface area contributed by atoms with Crippen molar-refractivity contribution in [3.05, 3.63) is 76.4 Å². The monoisotopic (exact) mass is 394 g/mol. The topological polar surface area (TPSA) is 80.2 Å². The number of carbonyl (C=O) groups excluding carboxylic acids is 2. The van der Waals surface area contributed by atoms with Gasteiger partial charge in [0.15, 0.2) is 0 Å². The van der Waals surface area contributed by atoms with E-state index in [-0.39, 0.29) is 5.91 Å². The molecular weight excluding hydrogens is 368 g/mol. The maximum absolute atomic E-state index is 12.9. The summed E-state index contributed by atoms with van der Waals surface area (Å²) >= 11 is 0. The van der Waals surface area contributed by atoms with Gasteiger partial charge in [0.05, 0.1) is 24.9 Å². The fourth-order valence-corrected chi connectivity index (χ4v) is 3.35. The lowest BCUT2D eigenvalue weighted by atomic mass is 10.1. The molecule has 0 radical (unpaired) electrons. The quantitative estimate of drug-likeness (QED) is 0.624. The number of aryl methyl sites for hydroxylation is 1. The van der Waals surface area contributed by atoms with Crippen molar-refractivity contribution in [3.63, 3.8) is 0 Å². The molecule has 0 bridgehead atoms. The van der Waals surface area contributed by atoms with Crippen LogP contribution in [0, 0.1) is 13.8 Å². The third-order valence-corrected chi connectivity index (χ3v) is 4.77. The number of aromatic amines is 1. The molecule has 7 nitrogen and oxygen atoms in total. The van der Waals surface area contributed by atoms with Gasteiger partial charge in [-0.15, -0.1) is 0 Å². The van der Waals surface area contributed by atoms with Crippen LogP contribution < -0.4 is 0 Å². The molecule has 1 N–H and O–H groups in total. The Morgan fingerprint density at radius 2 is 1.90 bits per heavy atom. The molecule has 0 saturated heterocycles. The van der Waals surface area contributed by atoms with Crippen molar-refractivity contribution in [1.82, 2.24) is 19.7 Å². The first-order chi connectivity index (χ1) is 13.9. The van der Waals surface area contributed by atoms with Crippen LogP contribution in [0.15, 0.2) is 42.7 Å². The summed E-state index contributed by atoms with van der Waals surface area (Å²) in [4.78, 5) is 29.7. The minimum absolute atomic E-state index is 0.183. The smallest absolute Gasteiger partial charge is 0.340 e. The Labute approximate surface area is 170 Å². The van der Waals surface area contributed by atoms with Crippen molar-refractivity contribution in [1.29, 1.82) is 0 Å². The molecule has 1 aromatic carbocycles. The lowest BCUT2D eigenvalue weighted by Crippen LogP contribution is -2.27. The number of esters is 1. The van der Waals surface area contributed by atoms with E-state index in [1.807, 2.05) is 29.1 Å². The summed E-state index contributed by atoms with van der Waals surface area (Å²) in [7, 11) is 1.73. The number of aromatic nitrogens is 3. The Bertz CT molecular complexity index is 1000. The van der Waals surface area contributed by atoms with Crippen LogP contribution in [0.25, 0.3) is 0 Å². The molecule has 2 heterocycles. The Morgan fingerprint density at radius 1 is 1.17 bits per heavy atom. The summed E-state index contributed by atoms with van der Waals surface area (Å²) in [5.74, 6) is -0.598. The summed E-state index contributed by atoms with van der Waals surface area (Å²) < 4.78 is 6.95.